The Hall–Kier alpha value is -1.33. The van der Waals surface area contributed by atoms with Crippen LogP contribution in [0.25, 0.3) is 5.70 Å². The maximum atomic E-state index is 12.1. The van der Waals surface area contributed by atoms with Crippen LogP contribution in [0.5, 0.6) is 0 Å². The molecular weight excluding hydrogens is 236 g/mol. The first kappa shape index (κ1) is 12.1. The summed E-state index contributed by atoms with van der Waals surface area (Å²) < 4.78 is 25.6. The minimum absolute atomic E-state index is 0.345. The Morgan fingerprint density at radius 1 is 1.29 bits per heavy atom. The second-order valence-electron chi connectivity index (χ2n) is 4.13. The van der Waals surface area contributed by atoms with E-state index in [9.17, 15) is 8.42 Å². The average molecular weight is 252 g/mol. The number of rotatable bonds is 1. The molecule has 1 aliphatic rings. The predicted molar refractivity (Wildman–Crippen MR) is 68.3 cm³/mol. The lowest BCUT2D eigenvalue weighted by Crippen LogP contribution is -2.34. The van der Waals surface area contributed by atoms with Crippen molar-refractivity contribution in [2.24, 2.45) is 5.73 Å². The van der Waals surface area contributed by atoms with Crippen LogP contribution in [0, 0.1) is 0 Å². The van der Waals surface area contributed by atoms with Crippen LogP contribution in [0.2, 0.25) is 0 Å². The fourth-order valence-electron chi connectivity index (χ4n) is 1.95. The maximum Gasteiger partial charge on any atom is 0.241 e. The molecule has 0 amide bonds. The van der Waals surface area contributed by atoms with E-state index in [2.05, 4.69) is 0 Å². The van der Waals surface area contributed by atoms with Gasteiger partial charge in [0.15, 0.2) is 0 Å². The molecule has 0 aromatic heterocycles. The van der Waals surface area contributed by atoms with Gasteiger partial charge in [0.05, 0.1) is 10.6 Å². The van der Waals surface area contributed by atoms with Crippen molar-refractivity contribution < 1.29 is 8.42 Å². The molecule has 2 rings (SSSR count). The quantitative estimate of drug-likeness (QED) is 0.821. The molecule has 92 valence electrons. The molecule has 0 unspecified atom stereocenters. The topological polar surface area (TPSA) is 63.4 Å². The summed E-state index contributed by atoms with van der Waals surface area (Å²) in [6.45, 7) is 0.563. The van der Waals surface area contributed by atoms with E-state index in [4.69, 9.17) is 5.73 Å². The summed E-state index contributed by atoms with van der Waals surface area (Å²) in [5.41, 5.74) is 7.12. The molecule has 17 heavy (non-hydrogen) atoms. The van der Waals surface area contributed by atoms with Gasteiger partial charge in [-0.25, -0.2) is 12.7 Å². The van der Waals surface area contributed by atoms with Crippen LogP contribution in [-0.2, 0) is 10.0 Å². The predicted octanol–water partition coefficient (Wildman–Crippen LogP) is 1.37. The van der Waals surface area contributed by atoms with Gasteiger partial charge in [-0.15, -0.1) is 0 Å². The Bertz CT molecular complexity index is 535. The molecule has 0 aliphatic carbocycles. The van der Waals surface area contributed by atoms with Gasteiger partial charge in [0.2, 0.25) is 10.0 Å². The molecule has 0 spiro atoms. The Morgan fingerprint density at radius 2 is 1.94 bits per heavy atom. The van der Waals surface area contributed by atoms with E-state index in [0.29, 0.717) is 23.6 Å². The second kappa shape index (κ2) is 4.50. The molecule has 0 radical (unpaired) electrons. The van der Waals surface area contributed by atoms with Gasteiger partial charge in [-0.2, -0.15) is 0 Å². The highest BCUT2D eigenvalue weighted by atomic mass is 32.2. The van der Waals surface area contributed by atoms with Gasteiger partial charge in [0.25, 0.3) is 0 Å². The highest BCUT2D eigenvalue weighted by Gasteiger charge is 2.30. The molecule has 1 fully saturated rings. The minimum atomic E-state index is -3.36. The standard InChI is InChI=1S/C12H16N2O2S/c1-14-9-5-8-11(17(14,15)16)12(13)10-6-3-2-4-7-10/h2-4,6-7H,5,8-9,13H2,1H3. The zero-order chi connectivity index (χ0) is 12.5. The first-order valence-electron chi connectivity index (χ1n) is 5.54. The van der Waals surface area contributed by atoms with Gasteiger partial charge in [-0.1, -0.05) is 30.3 Å². The van der Waals surface area contributed by atoms with Crippen molar-refractivity contribution in [3.63, 3.8) is 0 Å². The fourth-order valence-corrected chi connectivity index (χ4v) is 3.50. The summed E-state index contributed by atoms with van der Waals surface area (Å²) in [7, 11) is -1.77. The second-order valence-corrected chi connectivity index (χ2v) is 6.20. The van der Waals surface area contributed by atoms with Crippen molar-refractivity contribution in [3.8, 4) is 0 Å². The van der Waals surface area contributed by atoms with E-state index >= 15 is 0 Å². The lowest BCUT2D eigenvalue weighted by molar-refractivity contribution is 0.449. The summed E-state index contributed by atoms with van der Waals surface area (Å²) in [5, 5.41) is 0. The SMILES string of the molecule is CN1CCCC(=C(N)c2ccccc2)S1(=O)=O. The van der Waals surface area contributed by atoms with Gasteiger partial charge < -0.3 is 5.73 Å². The van der Waals surface area contributed by atoms with Gasteiger partial charge in [-0.05, 0) is 18.4 Å². The largest absolute Gasteiger partial charge is 0.397 e. The molecule has 1 saturated heterocycles. The molecule has 0 atom stereocenters. The van der Waals surface area contributed by atoms with Crippen LogP contribution in [0.4, 0.5) is 0 Å². The summed E-state index contributed by atoms with van der Waals surface area (Å²) in [5.74, 6) is 0. The smallest absolute Gasteiger partial charge is 0.241 e. The zero-order valence-electron chi connectivity index (χ0n) is 9.76. The third-order valence-electron chi connectivity index (χ3n) is 2.98. The van der Waals surface area contributed by atoms with E-state index in [-0.39, 0.29) is 0 Å². The van der Waals surface area contributed by atoms with Crippen molar-refractivity contribution in [3.05, 3.63) is 40.8 Å². The van der Waals surface area contributed by atoms with Gasteiger partial charge in [-0.3, -0.25) is 0 Å². The molecule has 1 aromatic rings. The molecule has 1 aromatic carbocycles. The molecule has 5 heteroatoms. The van der Waals surface area contributed by atoms with Crippen molar-refractivity contribution in [2.45, 2.75) is 12.8 Å². The number of nitrogens with zero attached hydrogens (tertiary/aromatic N) is 1. The van der Waals surface area contributed by atoms with Crippen molar-refractivity contribution in [1.29, 1.82) is 0 Å². The maximum absolute atomic E-state index is 12.1. The third-order valence-corrected chi connectivity index (χ3v) is 5.03. The van der Waals surface area contributed by atoms with Crippen LogP contribution in [0.1, 0.15) is 18.4 Å². The van der Waals surface area contributed by atoms with E-state index < -0.39 is 10.0 Å². The number of allylic oxidation sites excluding steroid dienone is 1. The molecule has 4 nitrogen and oxygen atoms in total. The number of hydrogen-bond acceptors (Lipinski definition) is 3. The van der Waals surface area contributed by atoms with Gasteiger partial charge in [0.1, 0.15) is 0 Å². The zero-order valence-corrected chi connectivity index (χ0v) is 10.6. The van der Waals surface area contributed by atoms with E-state index in [0.717, 1.165) is 12.0 Å². The Balaban J connectivity index is 2.51. The molecule has 1 aliphatic heterocycles. The highest BCUT2D eigenvalue weighted by Crippen LogP contribution is 2.28. The number of nitrogens with two attached hydrogens (primary N) is 1. The lowest BCUT2D eigenvalue weighted by atomic mass is 10.1. The van der Waals surface area contributed by atoms with Crippen LogP contribution in [-0.4, -0.2) is 26.3 Å². The number of benzene rings is 1. The van der Waals surface area contributed by atoms with Crippen LogP contribution < -0.4 is 5.73 Å². The Kier molecular flexibility index (Phi) is 3.22. The van der Waals surface area contributed by atoms with Crippen molar-refractivity contribution >= 4 is 15.7 Å². The van der Waals surface area contributed by atoms with Crippen LogP contribution in [0.15, 0.2) is 35.2 Å². The summed E-state index contributed by atoms with van der Waals surface area (Å²) in [6.07, 6.45) is 1.34. The highest BCUT2D eigenvalue weighted by molar-refractivity contribution is 7.93. The summed E-state index contributed by atoms with van der Waals surface area (Å²) in [6, 6.07) is 9.23. The van der Waals surface area contributed by atoms with E-state index in [1.54, 1.807) is 7.05 Å². The molecule has 0 saturated carbocycles. The van der Waals surface area contributed by atoms with Crippen LogP contribution >= 0.6 is 0 Å². The number of sulfonamides is 1. The Morgan fingerprint density at radius 3 is 2.59 bits per heavy atom. The number of hydrogen-bond donors (Lipinski definition) is 1. The lowest BCUT2D eigenvalue weighted by Gasteiger charge is -2.25. The monoisotopic (exact) mass is 252 g/mol. The first-order valence-corrected chi connectivity index (χ1v) is 6.98. The third kappa shape index (κ3) is 2.21. The van der Waals surface area contributed by atoms with Crippen molar-refractivity contribution in [1.82, 2.24) is 4.31 Å². The molecule has 2 N–H and O–H groups in total. The molecular formula is C12H16N2O2S. The average Bonchev–Trinajstić information content (AvgIpc) is 2.33. The van der Waals surface area contributed by atoms with Crippen LogP contribution in [0.3, 0.4) is 0 Å². The van der Waals surface area contributed by atoms with E-state index in [1.165, 1.54) is 4.31 Å². The Labute approximate surface area is 102 Å². The first-order chi connectivity index (χ1) is 8.03. The van der Waals surface area contributed by atoms with E-state index in [1.807, 2.05) is 30.3 Å². The molecule has 0 bridgehead atoms. The fraction of sp³-hybridized carbons (Fsp3) is 0.333. The van der Waals surface area contributed by atoms with Crippen molar-refractivity contribution in [2.75, 3.05) is 13.6 Å². The minimum Gasteiger partial charge on any atom is -0.397 e. The summed E-state index contributed by atoms with van der Waals surface area (Å²) >= 11 is 0. The molecule has 1 heterocycles. The van der Waals surface area contributed by atoms with Gasteiger partial charge in [0, 0.05) is 13.6 Å². The summed E-state index contributed by atoms with van der Waals surface area (Å²) in [4.78, 5) is 0.345. The van der Waals surface area contributed by atoms with Gasteiger partial charge >= 0.3 is 0 Å². The normalized spacial score (nSPS) is 23.4.